The summed E-state index contributed by atoms with van der Waals surface area (Å²) in [6.07, 6.45) is 0. The second-order valence-corrected chi connectivity index (χ2v) is 8.17. The standard InChI is InChI=1S/C13H16N2O4S2/c1-8(13(16)17)7-15(3)21(18,19)10-4-5-11-12(6-10)20-9(2)14-11/h4-6,8H,7H2,1-3H3,(H,16,17). The van der Waals surface area contributed by atoms with Crippen molar-refractivity contribution in [3.8, 4) is 0 Å². The van der Waals surface area contributed by atoms with Crippen LogP contribution in [0.1, 0.15) is 11.9 Å². The Kier molecular flexibility index (Phi) is 4.31. The number of sulfonamides is 1. The lowest BCUT2D eigenvalue weighted by atomic mass is 10.2. The molecule has 0 saturated heterocycles. The number of nitrogens with zero attached hydrogens (tertiary/aromatic N) is 2. The lowest BCUT2D eigenvalue weighted by Gasteiger charge is -2.19. The number of aliphatic carboxylic acids is 1. The van der Waals surface area contributed by atoms with Gasteiger partial charge in [-0.05, 0) is 25.1 Å². The maximum Gasteiger partial charge on any atom is 0.307 e. The fourth-order valence-electron chi connectivity index (χ4n) is 1.92. The van der Waals surface area contributed by atoms with Crippen LogP contribution in [0.25, 0.3) is 10.2 Å². The van der Waals surface area contributed by atoms with Gasteiger partial charge in [0, 0.05) is 13.6 Å². The molecule has 0 amide bonds. The van der Waals surface area contributed by atoms with Gasteiger partial charge in [-0.2, -0.15) is 0 Å². The number of thiazole rings is 1. The Morgan fingerprint density at radius 1 is 1.48 bits per heavy atom. The second-order valence-electron chi connectivity index (χ2n) is 4.89. The van der Waals surface area contributed by atoms with Crippen LogP contribution < -0.4 is 0 Å². The predicted octanol–water partition coefficient (Wildman–Crippen LogP) is 1.95. The molecule has 0 aliphatic carbocycles. The summed E-state index contributed by atoms with van der Waals surface area (Å²) in [6, 6.07) is 4.75. The summed E-state index contributed by atoms with van der Waals surface area (Å²) in [5, 5.41) is 9.75. The van der Waals surface area contributed by atoms with Gasteiger partial charge >= 0.3 is 5.97 Å². The Labute approximate surface area is 127 Å². The third-order valence-electron chi connectivity index (χ3n) is 3.13. The molecule has 2 aromatic rings. The first-order valence-electron chi connectivity index (χ1n) is 6.28. The topological polar surface area (TPSA) is 87.6 Å². The molecule has 6 nitrogen and oxygen atoms in total. The lowest BCUT2D eigenvalue weighted by molar-refractivity contribution is -0.141. The maximum absolute atomic E-state index is 12.5. The summed E-state index contributed by atoms with van der Waals surface area (Å²) in [4.78, 5) is 15.3. The summed E-state index contributed by atoms with van der Waals surface area (Å²) in [5.41, 5.74) is 0.762. The van der Waals surface area contributed by atoms with E-state index >= 15 is 0 Å². The first kappa shape index (κ1) is 15.9. The fraction of sp³-hybridized carbons (Fsp3) is 0.385. The van der Waals surface area contributed by atoms with Gasteiger partial charge in [-0.1, -0.05) is 6.92 Å². The van der Waals surface area contributed by atoms with Crippen molar-refractivity contribution in [3.63, 3.8) is 0 Å². The van der Waals surface area contributed by atoms with Crippen LogP contribution in [-0.2, 0) is 14.8 Å². The number of aryl methyl sites for hydroxylation is 1. The van der Waals surface area contributed by atoms with E-state index in [1.165, 1.54) is 31.4 Å². The van der Waals surface area contributed by atoms with Crippen LogP contribution in [0.5, 0.6) is 0 Å². The minimum atomic E-state index is -3.70. The van der Waals surface area contributed by atoms with E-state index in [4.69, 9.17) is 5.11 Å². The number of carbonyl (C=O) groups is 1. The molecule has 1 aromatic carbocycles. The highest BCUT2D eigenvalue weighted by Crippen LogP contribution is 2.26. The molecule has 2 rings (SSSR count). The van der Waals surface area contributed by atoms with Gasteiger partial charge in [-0.25, -0.2) is 17.7 Å². The van der Waals surface area contributed by atoms with E-state index in [1.807, 2.05) is 6.92 Å². The number of fused-ring (bicyclic) bond motifs is 1. The van der Waals surface area contributed by atoms with Crippen molar-refractivity contribution in [2.24, 2.45) is 5.92 Å². The molecular formula is C13H16N2O4S2. The van der Waals surface area contributed by atoms with E-state index in [0.717, 1.165) is 19.5 Å². The highest BCUT2D eigenvalue weighted by molar-refractivity contribution is 7.89. The molecule has 0 fully saturated rings. The molecule has 0 radical (unpaired) electrons. The summed E-state index contributed by atoms with van der Waals surface area (Å²) in [7, 11) is -2.32. The van der Waals surface area contributed by atoms with Gasteiger partial charge in [0.25, 0.3) is 0 Å². The number of aromatic nitrogens is 1. The molecule has 1 heterocycles. The van der Waals surface area contributed by atoms with Crippen LogP contribution >= 0.6 is 11.3 Å². The van der Waals surface area contributed by atoms with Crippen molar-refractivity contribution in [1.29, 1.82) is 0 Å². The number of hydrogen-bond acceptors (Lipinski definition) is 5. The Hall–Kier alpha value is -1.51. The van der Waals surface area contributed by atoms with Crippen molar-refractivity contribution >= 4 is 37.5 Å². The van der Waals surface area contributed by atoms with Crippen LogP contribution in [0.15, 0.2) is 23.1 Å². The van der Waals surface area contributed by atoms with Gasteiger partial charge in [0.2, 0.25) is 10.0 Å². The van der Waals surface area contributed by atoms with Gasteiger partial charge in [0.15, 0.2) is 0 Å². The number of rotatable bonds is 5. The van der Waals surface area contributed by atoms with E-state index in [1.54, 1.807) is 12.1 Å². The minimum absolute atomic E-state index is 0.0720. The van der Waals surface area contributed by atoms with Crippen molar-refractivity contribution in [3.05, 3.63) is 23.2 Å². The van der Waals surface area contributed by atoms with Crippen molar-refractivity contribution in [1.82, 2.24) is 9.29 Å². The second kappa shape index (κ2) is 5.70. The molecule has 0 spiro atoms. The van der Waals surface area contributed by atoms with E-state index in [-0.39, 0.29) is 11.4 Å². The third kappa shape index (κ3) is 3.22. The zero-order chi connectivity index (χ0) is 15.8. The SMILES string of the molecule is Cc1nc2ccc(S(=O)(=O)N(C)CC(C)C(=O)O)cc2s1. The van der Waals surface area contributed by atoms with E-state index < -0.39 is 21.9 Å². The Morgan fingerprint density at radius 2 is 2.14 bits per heavy atom. The van der Waals surface area contributed by atoms with Crippen LogP contribution in [0.4, 0.5) is 0 Å². The first-order chi connectivity index (χ1) is 9.71. The zero-order valence-corrected chi connectivity index (χ0v) is 13.5. The summed E-state index contributed by atoms with van der Waals surface area (Å²) < 4.78 is 26.8. The summed E-state index contributed by atoms with van der Waals surface area (Å²) >= 11 is 1.42. The molecule has 1 N–H and O–H groups in total. The average Bonchev–Trinajstić information content (AvgIpc) is 2.77. The van der Waals surface area contributed by atoms with Gasteiger partial charge in [-0.15, -0.1) is 11.3 Å². The Morgan fingerprint density at radius 3 is 2.76 bits per heavy atom. The van der Waals surface area contributed by atoms with Crippen LogP contribution in [-0.4, -0.2) is 42.4 Å². The molecule has 8 heteroatoms. The number of carboxylic acids is 1. The molecule has 1 atom stereocenters. The van der Waals surface area contributed by atoms with Crippen LogP contribution in [0, 0.1) is 12.8 Å². The normalized spacial score (nSPS) is 13.7. The van der Waals surface area contributed by atoms with Crippen molar-refractivity contribution < 1.29 is 18.3 Å². The van der Waals surface area contributed by atoms with Crippen molar-refractivity contribution in [2.45, 2.75) is 18.7 Å². The quantitative estimate of drug-likeness (QED) is 0.906. The zero-order valence-electron chi connectivity index (χ0n) is 11.9. The Balaban J connectivity index is 2.34. The average molecular weight is 328 g/mol. The molecule has 21 heavy (non-hydrogen) atoms. The number of hydrogen-bond donors (Lipinski definition) is 1. The summed E-state index contributed by atoms with van der Waals surface area (Å²) in [5.74, 6) is -1.79. The first-order valence-corrected chi connectivity index (χ1v) is 8.54. The highest BCUT2D eigenvalue weighted by atomic mass is 32.2. The third-order valence-corrected chi connectivity index (χ3v) is 5.88. The fourth-order valence-corrected chi connectivity index (χ4v) is 4.15. The van der Waals surface area contributed by atoms with Gasteiger partial charge in [-0.3, -0.25) is 4.79 Å². The Bertz CT molecular complexity index is 783. The highest BCUT2D eigenvalue weighted by Gasteiger charge is 2.25. The monoisotopic (exact) mass is 328 g/mol. The molecule has 0 aliphatic heterocycles. The smallest absolute Gasteiger partial charge is 0.307 e. The minimum Gasteiger partial charge on any atom is -0.481 e. The summed E-state index contributed by atoms with van der Waals surface area (Å²) in [6.45, 7) is 3.26. The van der Waals surface area contributed by atoms with Gasteiger partial charge in [0.1, 0.15) is 0 Å². The lowest BCUT2D eigenvalue weighted by Crippen LogP contribution is -2.33. The van der Waals surface area contributed by atoms with E-state index in [9.17, 15) is 13.2 Å². The molecule has 0 aliphatic rings. The molecule has 1 unspecified atom stereocenters. The van der Waals surface area contributed by atoms with Gasteiger partial charge < -0.3 is 5.11 Å². The molecule has 1 aromatic heterocycles. The van der Waals surface area contributed by atoms with Gasteiger partial charge in [0.05, 0.1) is 26.0 Å². The molecule has 0 bridgehead atoms. The largest absolute Gasteiger partial charge is 0.481 e. The number of carboxylic acid groups (broad SMARTS) is 1. The van der Waals surface area contributed by atoms with E-state index in [2.05, 4.69) is 4.98 Å². The molecule has 114 valence electrons. The molecular weight excluding hydrogens is 312 g/mol. The van der Waals surface area contributed by atoms with Crippen LogP contribution in [0.3, 0.4) is 0 Å². The maximum atomic E-state index is 12.5. The number of benzene rings is 1. The van der Waals surface area contributed by atoms with E-state index in [0.29, 0.717) is 0 Å². The van der Waals surface area contributed by atoms with Crippen LogP contribution in [0.2, 0.25) is 0 Å². The predicted molar refractivity (Wildman–Crippen MR) is 81.0 cm³/mol. The molecule has 0 saturated carbocycles. The van der Waals surface area contributed by atoms with Crippen molar-refractivity contribution in [2.75, 3.05) is 13.6 Å².